The highest BCUT2D eigenvalue weighted by molar-refractivity contribution is 5.68. The summed E-state index contributed by atoms with van der Waals surface area (Å²) in [6.45, 7) is 10.8. The van der Waals surface area contributed by atoms with E-state index in [0.717, 1.165) is 11.1 Å². The summed E-state index contributed by atoms with van der Waals surface area (Å²) in [6, 6.07) is 14.7. The van der Waals surface area contributed by atoms with Gasteiger partial charge in [-0.05, 0) is 64.4 Å². The van der Waals surface area contributed by atoms with Gasteiger partial charge in [-0.2, -0.15) is 4.98 Å². The molecule has 306 valence electrons. The third kappa shape index (κ3) is 10.0. The van der Waals surface area contributed by atoms with E-state index in [1.807, 2.05) is 75.9 Å². The van der Waals surface area contributed by atoms with Crippen LogP contribution in [0, 0.1) is 0 Å². The van der Waals surface area contributed by atoms with E-state index in [1.165, 1.54) is 13.3 Å². The second-order valence-electron chi connectivity index (χ2n) is 14.2. The van der Waals surface area contributed by atoms with Crippen molar-refractivity contribution in [2.24, 2.45) is 0 Å². The molecule has 5 aromatic rings. The van der Waals surface area contributed by atoms with E-state index in [2.05, 4.69) is 4.98 Å². The lowest BCUT2D eigenvalue weighted by molar-refractivity contribution is 0.0740. The number of methoxy groups -OCH3 is 5. The van der Waals surface area contributed by atoms with Crippen LogP contribution in [-0.4, -0.2) is 101 Å². The Kier molecular flexibility index (Phi) is 13.8. The molecule has 0 fully saturated rings. The molecule has 0 spiro atoms. The molecule has 16 nitrogen and oxygen atoms in total. The molecule has 0 saturated carbocycles. The number of hydrogen-bond donors (Lipinski definition) is 1. The van der Waals surface area contributed by atoms with Crippen LogP contribution in [0.2, 0.25) is 0 Å². The average molecular weight is 788 g/mol. The highest BCUT2D eigenvalue weighted by atomic mass is 16.5. The number of anilines is 1. The fourth-order valence-corrected chi connectivity index (χ4v) is 6.02. The highest BCUT2D eigenvalue weighted by Gasteiger charge is 2.28. The molecule has 3 heterocycles. The topological polar surface area (TPSA) is 164 Å². The zero-order chi connectivity index (χ0) is 41.3. The fraction of sp³-hybridized carbons (Fsp3) is 0.439. The first-order valence-electron chi connectivity index (χ1n) is 18.5. The van der Waals surface area contributed by atoms with E-state index in [4.69, 9.17) is 48.2 Å². The maximum Gasteiger partial charge on any atom is 0.410 e. The Bertz CT molecular complexity index is 2050. The van der Waals surface area contributed by atoms with Crippen molar-refractivity contribution in [3.8, 4) is 34.9 Å². The van der Waals surface area contributed by atoms with Crippen molar-refractivity contribution in [3.63, 3.8) is 0 Å². The van der Waals surface area contributed by atoms with Crippen molar-refractivity contribution >= 4 is 17.6 Å². The van der Waals surface area contributed by atoms with E-state index in [0.29, 0.717) is 77.7 Å². The number of carbonyl (C=O) groups is 1. The molecular weight excluding hydrogens is 734 g/mol. The Morgan fingerprint density at radius 3 is 2.00 bits per heavy atom. The van der Waals surface area contributed by atoms with Crippen LogP contribution in [0.1, 0.15) is 69.5 Å². The lowest BCUT2D eigenvalue weighted by Crippen LogP contribution is -2.47. The number of benzene rings is 2. The molecule has 0 saturated heterocycles. The Balaban J connectivity index is 1.53. The van der Waals surface area contributed by atoms with Crippen LogP contribution in [-0.2, 0) is 17.8 Å². The van der Waals surface area contributed by atoms with E-state index in [9.17, 15) is 9.90 Å². The second kappa shape index (κ2) is 18.7. The third-order valence-electron chi connectivity index (χ3n) is 9.37. The number of nitrogens with zero attached hydrogens (tertiary/aromatic N) is 7. The van der Waals surface area contributed by atoms with Gasteiger partial charge in [-0.15, -0.1) is 5.10 Å². The van der Waals surface area contributed by atoms with Gasteiger partial charge in [0.2, 0.25) is 5.88 Å². The number of aliphatic hydroxyl groups is 1. The lowest BCUT2D eigenvalue weighted by Gasteiger charge is -2.34. The number of rotatable bonds is 18. The van der Waals surface area contributed by atoms with Crippen LogP contribution < -0.4 is 33.3 Å². The number of aromatic nitrogens is 5. The van der Waals surface area contributed by atoms with Crippen LogP contribution in [0.3, 0.4) is 0 Å². The Morgan fingerprint density at radius 2 is 1.49 bits per heavy atom. The van der Waals surface area contributed by atoms with Crippen LogP contribution in [0.5, 0.6) is 34.9 Å². The molecule has 0 aliphatic rings. The van der Waals surface area contributed by atoms with Crippen LogP contribution in [0.15, 0.2) is 60.9 Å². The predicted molar refractivity (Wildman–Crippen MR) is 213 cm³/mol. The van der Waals surface area contributed by atoms with Gasteiger partial charge in [-0.25, -0.2) is 19.3 Å². The largest absolute Gasteiger partial charge is 0.497 e. The fourth-order valence-electron chi connectivity index (χ4n) is 6.02. The van der Waals surface area contributed by atoms with Crippen molar-refractivity contribution < 1.29 is 43.1 Å². The number of pyridine rings is 1. The van der Waals surface area contributed by atoms with Gasteiger partial charge in [-0.1, -0.05) is 6.92 Å². The number of hydrogen-bond acceptors (Lipinski definition) is 14. The van der Waals surface area contributed by atoms with E-state index in [1.54, 1.807) is 56.2 Å². The predicted octanol–water partition coefficient (Wildman–Crippen LogP) is 6.27. The van der Waals surface area contributed by atoms with E-state index in [-0.39, 0.29) is 18.7 Å². The first kappa shape index (κ1) is 42.1. The SMILES string of the molecule is CC[C@@H](C)Oc1nc(N(Cc2ccc(OC)cc2OC)Cc2ccc(OC)cc2OC)c2ncc(C(O)c3ccc(OCCN(C(=O)OC)C(C)(C)C)nc3)n2n1. The molecule has 1 amide bonds. The van der Waals surface area contributed by atoms with Gasteiger partial charge in [0.1, 0.15) is 35.7 Å². The molecule has 1 unspecified atom stereocenters. The lowest BCUT2D eigenvalue weighted by atomic mass is 10.1. The molecule has 16 heteroatoms. The summed E-state index contributed by atoms with van der Waals surface area (Å²) in [5, 5.41) is 16.5. The molecule has 3 aromatic heterocycles. The Morgan fingerprint density at radius 1 is 0.860 bits per heavy atom. The van der Waals surface area contributed by atoms with Crippen molar-refractivity contribution in [2.45, 2.75) is 71.9 Å². The van der Waals surface area contributed by atoms with Crippen LogP contribution >= 0.6 is 0 Å². The van der Waals surface area contributed by atoms with Crippen molar-refractivity contribution in [2.75, 3.05) is 53.6 Å². The molecule has 0 aliphatic heterocycles. The maximum absolute atomic E-state index is 12.3. The Labute approximate surface area is 333 Å². The summed E-state index contributed by atoms with van der Waals surface area (Å²) in [7, 11) is 7.77. The number of fused-ring (bicyclic) bond motifs is 1. The minimum absolute atomic E-state index is 0.102. The van der Waals surface area contributed by atoms with Crippen LogP contribution in [0.4, 0.5) is 10.6 Å². The van der Waals surface area contributed by atoms with E-state index < -0.39 is 17.7 Å². The zero-order valence-electron chi connectivity index (χ0n) is 34.3. The van der Waals surface area contributed by atoms with Gasteiger partial charge in [-0.3, -0.25) is 4.90 Å². The first-order valence-corrected chi connectivity index (χ1v) is 18.5. The van der Waals surface area contributed by atoms with Crippen LogP contribution in [0.25, 0.3) is 5.65 Å². The number of ether oxygens (including phenoxy) is 7. The molecule has 1 N–H and O–H groups in total. The smallest absolute Gasteiger partial charge is 0.410 e. The highest BCUT2D eigenvalue weighted by Crippen LogP contribution is 2.34. The molecule has 0 radical (unpaired) electrons. The van der Waals surface area contributed by atoms with Crippen molar-refractivity contribution in [1.29, 1.82) is 0 Å². The van der Waals surface area contributed by atoms with Crippen molar-refractivity contribution in [1.82, 2.24) is 29.5 Å². The van der Waals surface area contributed by atoms with E-state index >= 15 is 0 Å². The normalized spacial score (nSPS) is 12.4. The summed E-state index contributed by atoms with van der Waals surface area (Å²) >= 11 is 0. The molecule has 57 heavy (non-hydrogen) atoms. The maximum atomic E-state index is 12.3. The summed E-state index contributed by atoms with van der Waals surface area (Å²) in [4.78, 5) is 30.0. The van der Waals surface area contributed by atoms with Gasteiger partial charge in [0.15, 0.2) is 11.5 Å². The molecular formula is C41H53N7O9. The number of imidazole rings is 1. The standard InChI is InChI=1S/C41H53N7O9/c1-11-26(2)57-39-44-38(46(24-28-12-15-30(51-6)20-33(28)53-8)25-29-13-16-31(52-7)21-34(29)54-9)37-43-23-32(48(37)45-39)36(49)27-14-17-35(42-22-27)56-19-18-47(40(50)55-10)41(3,4)5/h12-17,20-23,26,36,49H,11,18-19,24-25H2,1-10H3/t26-,36?/m1/s1. The summed E-state index contributed by atoms with van der Waals surface area (Å²) in [6.07, 6.45) is 1.96. The molecule has 2 atom stereocenters. The van der Waals surface area contributed by atoms with Gasteiger partial charge >= 0.3 is 12.1 Å². The molecule has 2 aromatic carbocycles. The first-order chi connectivity index (χ1) is 27.3. The average Bonchev–Trinajstić information content (AvgIpc) is 3.65. The molecule has 5 rings (SSSR count). The van der Waals surface area contributed by atoms with Gasteiger partial charge in [0, 0.05) is 59.7 Å². The van der Waals surface area contributed by atoms with Gasteiger partial charge in [0.05, 0.1) is 60.1 Å². The summed E-state index contributed by atoms with van der Waals surface area (Å²) in [5.41, 5.74) is 2.45. The molecule has 0 aliphatic carbocycles. The third-order valence-corrected chi connectivity index (χ3v) is 9.37. The summed E-state index contributed by atoms with van der Waals surface area (Å²) in [5.74, 6) is 3.32. The number of aliphatic hydroxyl groups excluding tert-OH is 1. The summed E-state index contributed by atoms with van der Waals surface area (Å²) < 4.78 is 41.0. The number of amides is 1. The second-order valence-corrected chi connectivity index (χ2v) is 14.2. The number of carbonyl (C=O) groups excluding carboxylic acids is 1. The zero-order valence-corrected chi connectivity index (χ0v) is 34.3. The van der Waals surface area contributed by atoms with Gasteiger partial charge < -0.3 is 43.2 Å². The molecule has 0 bridgehead atoms. The van der Waals surface area contributed by atoms with Gasteiger partial charge in [0.25, 0.3) is 0 Å². The minimum Gasteiger partial charge on any atom is -0.497 e. The Hall–Kier alpha value is -6.03. The van der Waals surface area contributed by atoms with Crippen molar-refractivity contribution in [3.05, 3.63) is 83.3 Å². The monoisotopic (exact) mass is 787 g/mol. The minimum atomic E-state index is -1.19. The quantitative estimate of drug-likeness (QED) is 0.106.